The molecule has 1 aliphatic heterocycles. The van der Waals surface area contributed by atoms with Crippen molar-refractivity contribution in [1.82, 2.24) is 0 Å². The Bertz CT molecular complexity index is 869. The van der Waals surface area contributed by atoms with Crippen molar-refractivity contribution in [3.63, 3.8) is 0 Å². The summed E-state index contributed by atoms with van der Waals surface area (Å²) in [5, 5.41) is 0. The fourth-order valence-electron chi connectivity index (χ4n) is 4.25. The first-order valence-electron chi connectivity index (χ1n) is 10.3. The van der Waals surface area contributed by atoms with Crippen LogP contribution >= 0.6 is 0 Å². The number of hydrogen-bond acceptors (Lipinski definition) is 2. The van der Waals surface area contributed by atoms with Gasteiger partial charge in [-0.2, -0.15) is 0 Å². The molecule has 3 rings (SSSR count). The smallest absolute Gasteiger partial charge is 0.227 e. The van der Waals surface area contributed by atoms with E-state index in [9.17, 15) is 4.79 Å². The third kappa shape index (κ3) is 4.40. The summed E-state index contributed by atoms with van der Waals surface area (Å²) >= 11 is 0. The van der Waals surface area contributed by atoms with Gasteiger partial charge in [0, 0.05) is 37.9 Å². The lowest BCUT2D eigenvalue weighted by Crippen LogP contribution is -2.32. The average Bonchev–Trinajstić information content (AvgIpc) is 2.58. The van der Waals surface area contributed by atoms with Crippen LogP contribution in [0.3, 0.4) is 0 Å². The lowest BCUT2D eigenvalue weighted by Gasteiger charge is -2.33. The average molecular weight is 379 g/mol. The Morgan fingerprint density at radius 1 is 1.04 bits per heavy atom. The molecule has 0 bridgehead atoms. The predicted octanol–water partition coefficient (Wildman–Crippen LogP) is 5.57. The van der Waals surface area contributed by atoms with Gasteiger partial charge >= 0.3 is 0 Å². The van der Waals surface area contributed by atoms with E-state index in [0.29, 0.717) is 6.42 Å². The molecule has 0 saturated heterocycles. The van der Waals surface area contributed by atoms with Gasteiger partial charge in [0.2, 0.25) is 5.91 Å². The van der Waals surface area contributed by atoms with Crippen LogP contribution in [0, 0.1) is 26.2 Å². The van der Waals surface area contributed by atoms with Crippen LogP contribution in [-0.4, -0.2) is 19.5 Å². The van der Waals surface area contributed by atoms with Gasteiger partial charge in [-0.05, 0) is 67.0 Å². The van der Waals surface area contributed by atoms with Crippen LogP contribution in [0.2, 0.25) is 0 Å². The Labute approximate surface area is 170 Å². The molecule has 1 aliphatic rings. The molecule has 0 aliphatic carbocycles. The summed E-state index contributed by atoms with van der Waals surface area (Å²) in [7, 11) is 1.91. The van der Waals surface area contributed by atoms with Crippen molar-refractivity contribution >= 4 is 17.3 Å². The van der Waals surface area contributed by atoms with Gasteiger partial charge in [-0.3, -0.25) is 4.79 Å². The number of carbonyl (C=O) groups excluding carboxylic acids is 1. The van der Waals surface area contributed by atoms with Gasteiger partial charge in [0.15, 0.2) is 0 Å². The Balaban J connectivity index is 1.85. The molecule has 2 aromatic rings. The highest BCUT2D eigenvalue weighted by atomic mass is 16.2. The normalized spacial score (nSPS) is 14.0. The van der Waals surface area contributed by atoms with Gasteiger partial charge in [0.1, 0.15) is 0 Å². The quantitative estimate of drug-likeness (QED) is 0.697. The van der Waals surface area contributed by atoms with Gasteiger partial charge in [-0.25, -0.2) is 0 Å². The zero-order chi connectivity index (χ0) is 20.6. The number of aryl methyl sites for hydroxylation is 3. The van der Waals surface area contributed by atoms with E-state index < -0.39 is 0 Å². The van der Waals surface area contributed by atoms with Crippen molar-refractivity contribution < 1.29 is 4.79 Å². The number of carbonyl (C=O) groups is 1. The van der Waals surface area contributed by atoms with Crippen molar-refractivity contribution in [2.45, 2.75) is 60.9 Å². The maximum atomic E-state index is 12.7. The van der Waals surface area contributed by atoms with Gasteiger partial charge in [0.25, 0.3) is 0 Å². The summed E-state index contributed by atoms with van der Waals surface area (Å²) in [5.74, 6) is 0.175. The second-order valence-electron chi connectivity index (χ2n) is 9.56. The van der Waals surface area contributed by atoms with Crippen LogP contribution in [0.5, 0.6) is 0 Å². The largest absolute Gasteiger partial charge is 0.367 e. The number of amides is 1. The van der Waals surface area contributed by atoms with Crippen molar-refractivity contribution in [3.8, 4) is 0 Å². The first kappa shape index (κ1) is 20.4. The SMILES string of the molecule is Cc1ccc2c(c1)CN(c1cc(C)c(N(C)C(=O)CC(C)(C)C)c(C)c1)CC2. The summed E-state index contributed by atoms with van der Waals surface area (Å²) in [6.45, 7) is 14.7. The molecule has 3 heteroatoms. The van der Waals surface area contributed by atoms with Crippen LogP contribution in [0.4, 0.5) is 11.4 Å². The summed E-state index contributed by atoms with van der Waals surface area (Å²) in [5.41, 5.74) is 8.84. The second kappa shape index (κ2) is 7.62. The minimum atomic E-state index is -0.00752. The number of nitrogens with zero attached hydrogens (tertiary/aromatic N) is 2. The maximum Gasteiger partial charge on any atom is 0.227 e. The van der Waals surface area contributed by atoms with Crippen LogP contribution in [0.15, 0.2) is 30.3 Å². The molecule has 0 aromatic heterocycles. The molecule has 0 N–H and O–H groups in total. The van der Waals surface area contributed by atoms with E-state index in [1.807, 2.05) is 11.9 Å². The third-order valence-electron chi connectivity index (χ3n) is 5.61. The number of hydrogen-bond donors (Lipinski definition) is 0. The van der Waals surface area contributed by atoms with Crippen LogP contribution in [-0.2, 0) is 17.8 Å². The fraction of sp³-hybridized carbons (Fsp3) is 0.480. The molecule has 0 fully saturated rings. The molecule has 1 heterocycles. The third-order valence-corrected chi connectivity index (χ3v) is 5.61. The highest BCUT2D eigenvalue weighted by Crippen LogP contribution is 2.33. The molecule has 0 spiro atoms. The molecule has 0 atom stereocenters. The van der Waals surface area contributed by atoms with E-state index in [-0.39, 0.29) is 11.3 Å². The number of fused-ring (bicyclic) bond motifs is 1. The topological polar surface area (TPSA) is 23.6 Å². The van der Waals surface area contributed by atoms with Gasteiger partial charge in [-0.15, -0.1) is 0 Å². The molecular formula is C25H34N2O. The molecule has 150 valence electrons. The Hall–Kier alpha value is -2.29. The summed E-state index contributed by atoms with van der Waals surface area (Å²) in [6, 6.07) is 11.3. The van der Waals surface area contributed by atoms with Crippen molar-refractivity contribution in [1.29, 1.82) is 0 Å². The van der Waals surface area contributed by atoms with E-state index in [0.717, 1.165) is 36.3 Å². The Morgan fingerprint density at radius 3 is 2.29 bits per heavy atom. The number of rotatable bonds is 3. The van der Waals surface area contributed by atoms with E-state index >= 15 is 0 Å². The maximum absolute atomic E-state index is 12.7. The summed E-state index contributed by atoms with van der Waals surface area (Å²) in [6.07, 6.45) is 1.63. The van der Waals surface area contributed by atoms with E-state index in [4.69, 9.17) is 0 Å². The van der Waals surface area contributed by atoms with E-state index in [1.165, 1.54) is 22.4 Å². The first-order valence-corrected chi connectivity index (χ1v) is 10.3. The standard InChI is InChI=1S/C25H34N2O/c1-17-8-9-20-10-11-27(16-21(20)12-17)22-13-18(2)24(19(3)14-22)26(7)23(28)15-25(4,5)6/h8-9,12-14H,10-11,15-16H2,1-7H3. The van der Waals surface area contributed by atoms with Crippen LogP contribution < -0.4 is 9.80 Å². The monoisotopic (exact) mass is 378 g/mol. The summed E-state index contributed by atoms with van der Waals surface area (Å²) in [4.78, 5) is 17.0. The Kier molecular flexibility index (Phi) is 5.56. The molecule has 2 aromatic carbocycles. The minimum absolute atomic E-state index is 0.00752. The van der Waals surface area contributed by atoms with E-state index in [1.54, 1.807) is 0 Å². The molecule has 0 radical (unpaired) electrons. The lowest BCUT2D eigenvalue weighted by atomic mass is 9.91. The fourth-order valence-corrected chi connectivity index (χ4v) is 4.25. The van der Waals surface area contributed by atoms with Crippen LogP contribution in [0.25, 0.3) is 0 Å². The molecule has 0 saturated carbocycles. The van der Waals surface area contributed by atoms with Gasteiger partial charge in [0.05, 0.1) is 0 Å². The highest BCUT2D eigenvalue weighted by molar-refractivity contribution is 5.95. The minimum Gasteiger partial charge on any atom is -0.367 e. The highest BCUT2D eigenvalue weighted by Gasteiger charge is 2.23. The van der Waals surface area contributed by atoms with Crippen molar-refractivity contribution in [3.05, 3.63) is 58.1 Å². The first-order chi connectivity index (χ1) is 13.0. The lowest BCUT2D eigenvalue weighted by molar-refractivity contribution is -0.120. The summed E-state index contributed by atoms with van der Waals surface area (Å²) < 4.78 is 0. The van der Waals surface area contributed by atoms with Crippen LogP contribution in [0.1, 0.15) is 55.0 Å². The van der Waals surface area contributed by atoms with Crippen molar-refractivity contribution in [2.24, 2.45) is 5.41 Å². The number of benzene rings is 2. The van der Waals surface area contributed by atoms with E-state index in [2.05, 4.69) is 76.8 Å². The zero-order valence-corrected chi connectivity index (χ0v) is 18.5. The molecular weight excluding hydrogens is 344 g/mol. The second-order valence-corrected chi connectivity index (χ2v) is 9.56. The predicted molar refractivity (Wildman–Crippen MR) is 119 cm³/mol. The van der Waals surface area contributed by atoms with Gasteiger partial charge < -0.3 is 9.80 Å². The molecule has 3 nitrogen and oxygen atoms in total. The zero-order valence-electron chi connectivity index (χ0n) is 18.5. The Morgan fingerprint density at radius 2 is 1.68 bits per heavy atom. The molecule has 1 amide bonds. The van der Waals surface area contributed by atoms with Crippen molar-refractivity contribution in [2.75, 3.05) is 23.4 Å². The number of anilines is 2. The van der Waals surface area contributed by atoms with Gasteiger partial charge in [-0.1, -0.05) is 44.5 Å². The molecule has 0 unspecified atom stereocenters. The molecule has 28 heavy (non-hydrogen) atoms.